The van der Waals surface area contributed by atoms with Gasteiger partial charge < -0.3 is 20.3 Å². The molecule has 0 aliphatic heterocycles. The van der Waals surface area contributed by atoms with Crippen LogP contribution in [-0.2, 0) is 14.3 Å². The van der Waals surface area contributed by atoms with Crippen molar-refractivity contribution in [2.24, 2.45) is 0 Å². The molecule has 0 aromatic carbocycles. The Morgan fingerprint density at radius 2 is 0.912 bits per heavy atom. The zero-order valence-corrected chi connectivity index (χ0v) is 37.5. The molecule has 1 amide bonds. The smallest absolute Gasteiger partial charge is 0.306 e. The molecule has 0 bridgehead atoms. The van der Waals surface area contributed by atoms with Gasteiger partial charge in [0.15, 0.2) is 0 Å². The Hall–Kier alpha value is -2.44. The fourth-order valence-corrected chi connectivity index (χ4v) is 7.10. The first-order valence-electron chi connectivity index (χ1n) is 24.1. The lowest BCUT2D eigenvalue weighted by Crippen LogP contribution is -2.46. The molecule has 3 N–H and O–H groups in total. The fraction of sp³-hybridized carbons (Fsp3) is 0.765. The molecule has 0 heterocycles. The molecule has 0 saturated carbocycles. The van der Waals surface area contributed by atoms with Gasteiger partial charge in [-0.25, -0.2) is 0 Å². The summed E-state index contributed by atoms with van der Waals surface area (Å²) in [6, 6.07) is -0.737. The number of esters is 1. The van der Waals surface area contributed by atoms with Crippen LogP contribution in [0.4, 0.5) is 0 Å². The van der Waals surface area contributed by atoms with Gasteiger partial charge in [-0.3, -0.25) is 9.59 Å². The molecule has 0 saturated heterocycles. The van der Waals surface area contributed by atoms with Crippen LogP contribution in [0.1, 0.15) is 226 Å². The Bertz CT molecular complexity index is 1030. The average Bonchev–Trinajstić information content (AvgIpc) is 3.20. The minimum Gasteiger partial charge on any atom is -0.461 e. The van der Waals surface area contributed by atoms with Crippen molar-refractivity contribution in [2.45, 2.75) is 244 Å². The van der Waals surface area contributed by atoms with Crippen molar-refractivity contribution in [2.75, 3.05) is 6.61 Å². The molecule has 3 atom stereocenters. The SMILES string of the molecule is CC/C=C/C=C/C=C\C=C/C=C/CC(CC(=O)NC(CO)C(O)CCCCCCCCCCCCC)OC(=O)CCCCCCCCCCCCCCCCCC. The van der Waals surface area contributed by atoms with E-state index in [4.69, 9.17) is 4.74 Å². The predicted octanol–water partition coefficient (Wildman–Crippen LogP) is 14.1. The molecule has 0 spiro atoms. The molecule has 0 aromatic heterocycles. The fourth-order valence-electron chi connectivity index (χ4n) is 7.10. The Labute approximate surface area is 352 Å². The number of aliphatic hydroxyl groups excluding tert-OH is 2. The molecule has 6 heteroatoms. The van der Waals surface area contributed by atoms with Crippen LogP contribution in [0.5, 0.6) is 0 Å². The van der Waals surface area contributed by atoms with Crippen LogP contribution in [0, 0.1) is 0 Å². The summed E-state index contributed by atoms with van der Waals surface area (Å²) >= 11 is 0. The Morgan fingerprint density at radius 3 is 1.33 bits per heavy atom. The predicted molar refractivity (Wildman–Crippen MR) is 245 cm³/mol. The summed E-state index contributed by atoms with van der Waals surface area (Å²) in [5.74, 6) is -0.604. The molecule has 3 unspecified atom stereocenters. The van der Waals surface area contributed by atoms with Crippen molar-refractivity contribution in [3.8, 4) is 0 Å². The third-order valence-electron chi connectivity index (χ3n) is 10.7. The second-order valence-electron chi connectivity index (χ2n) is 16.3. The van der Waals surface area contributed by atoms with Crippen LogP contribution in [0.2, 0.25) is 0 Å². The van der Waals surface area contributed by atoms with Crippen molar-refractivity contribution in [3.63, 3.8) is 0 Å². The van der Waals surface area contributed by atoms with E-state index >= 15 is 0 Å². The van der Waals surface area contributed by atoms with E-state index in [9.17, 15) is 19.8 Å². The van der Waals surface area contributed by atoms with E-state index in [-0.39, 0.29) is 24.9 Å². The Balaban J connectivity index is 4.65. The number of aliphatic hydroxyl groups is 2. The number of amides is 1. The number of ether oxygens (including phenoxy) is 1. The van der Waals surface area contributed by atoms with Gasteiger partial charge in [0.05, 0.1) is 25.2 Å². The van der Waals surface area contributed by atoms with E-state index in [2.05, 4.69) is 32.2 Å². The zero-order valence-electron chi connectivity index (χ0n) is 37.5. The summed E-state index contributed by atoms with van der Waals surface area (Å²) in [6.07, 6.45) is 54.5. The maximum absolute atomic E-state index is 13.1. The second-order valence-corrected chi connectivity index (χ2v) is 16.3. The maximum atomic E-state index is 13.1. The van der Waals surface area contributed by atoms with Crippen LogP contribution in [0.25, 0.3) is 0 Å². The summed E-state index contributed by atoms with van der Waals surface area (Å²) < 4.78 is 5.83. The highest BCUT2D eigenvalue weighted by Crippen LogP contribution is 2.17. The number of hydrogen-bond acceptors (Lipinski definition) is 5. The molecule has 6 nitrogen and oxygen atoms in total. The van der Waals surface area contributed by atoms with Gasteiger partial charge in [-0.15, -0.1) is 0 Å². The van der Waals surface area contributed by atoms with E-state index in [1.807, 2.05) is 54.7 Å². The van der Waals surface area contributed by atoms with Gasteiger partial charge in [-0.1, -0.05) is 248 Å². The Kier molecular flexibility index (Phi) is 42.7. The lowest BCUT2D eigenvalue weighted by atomic mass is 10.0. The van der Waals surface area contributed by atoms with Gasteiger partial charge >= 0.3 is 5.97 Å². The van der Waals surface area contributed by atoms with Gasteiger partial charge in [0.25, 0.3) is 0 Å². The summed E-state index contributed by atoms with van der Waals surface area (Å²) in [4.78, 5) is 26.0. The molecule has 0 fully saturated rings. The number of nitrogens with one attached hydrogen (secondary N) is 1. The number of hydrogen-bond donors (Lipinski definition) is 3. The number of carbonyl (C=O) groups is 2. The highest BCUT2D eigenvalue weighted by atomic mass is 16.5. The van der Waals surface area contributed by atoms with Crippen LogP contribution < -0.4 is 5.32 Å². The normalized spacial score (nSPS) is 13.8. The number of rotatable bonds is 42. The van der Waals surface area contributed by atoms with Crippen LogP contribution >= 0.6 is 0 Å². The molecule has 0 rings (SSSR count). The molecule has 0 aliphatic carbocycles. The first-order valence-corrected chi connectivity index (χ1v) is 24.1. The molecule has 0 aliphatic rings. The number of carbonyl (C=O) groups excluding carboxylic acids is 2. The third-order valence-corrected chi connectivity index (χ3v) is 10.7. The van der Waals surface area contributed by atoms with Gasteiger partial charge in [-0.2, -0.15) is 0 Å². The van der Waals surface area contributed by atoms with E-state index < -0.39 is 18.2 Å². The lowest BCUT2D eigenvalue weighted by molar-refractivity contribution is -0.150. The molecule has 0 radical (unpaired) electrons. The quantitative estimate of drug-likeness (QED) is 0.0325. The van der Waals surface area contributed by atoms with Crippen molar-refractivity contribution in [1.29, 1.82) is 0 Å². The van der Waals surface area contributed by atoms with Crippen LogP contribution in [0.3, 0.4) is 0 Å². The van der Waals surface area contributed by atoms with Crippen molar-refractivity contribution < 1.29 is 24.5 Å². The first kappa shape index (κ1) is 54.6. The highest BCUT2D eigenvalue weighted by molar-refractivity contribution is 5.77. The third kappa shape index (κ3) is 40.1. The lowest BCUT2D eigenvalue weighted by Gasteiger charge is -2.24. The molecular weight excluding hydrogens is 707 g/mol. The minimum atomic E-state index is -0.816. The summed E-state index contributed by atoms with van der Waals surface area (Å²) in [5.41, 5.74) is 0. The van der Waals surface area contributed by atoms with E-state index in [0.29, 0.717) is 19.3 Å². The van der Waals surface area contributed by atoms with Crippen molar-refractivity contribution in [1.82, 2.24) is 5.32 Å². The van der Waals surface area contributed by atoms with Crippen molar-refractivity contribution >= 4 is 11.9 Å². The summed E-state index contributed by atoms with van der Waals surface area (Å²) in [6.45, 7) is 6.29. The topological polar surface area (TPSA) is 95.9 Å². The monoisotopic (exact) mass is 798 g/mol. The van der Waals surface area contributed by atoms with Gasteiger partial charge in [0.2, 0.25) is 5.91 Å². The van der Waals surface area contributed by atoms with Crippen molar-refractivity contribution in [3.05, 3.63) is 60.8 Å². The standard InChI is InChI=1S/C51H91NO5/c1-4-7-10-13-16-19-22-23-24-25-26-29-32-35-38-41-44-51(56)57-47(42-39-36-33-30-27-20-17-14-11-8-5-2)45-50(55)52-48(46-53)49(54)43-40-37-34-31-28-21-18-15-12-9-6-3/h8,11,14,17,20,27,30,33,36,39,47-49,53-54H,4-7,9-10,12-13,15-16,18-19,21-26,28-29,31-32,34-35,37-38,40-46H2,1-3H3,(H,52,55)/b11-8+,17-14+,27-20-,33-30-,39-36+. The highest BCUT2D eigenvalue weighted by Gasteiger charge is 2.23. The molecule has 0 aromatic rings. The summed E-state index contributed by atoms with van der Waals surface area (Å²) in [7, 11) is 0. The average molecular weight is 798 g/mol. The number of unbranched alkanes of at least 4 members (excludes halogenated alkanes) is 25. The van der Waals surface area contributed by atoms with E-state index in [1.54, 1.807) is 0 Å². The second kappa shape index (κ2) is 44.7. The Morgan fingerprint density at radius 1 is 0.526 bits per heavy atom. The number of allylic oxidation sites excluding steroid dienone is 9. The molecular formula is C51H91NO5. The zero-order chi connectivity index (χ0) is 41.7. The maximum Gasteiger partial charge on any atom is 0.306 e. The summed E-state index contributed by atoms with van der Waals surface area (Å²) in [5, 5.41) is 23.6. The van der Waals surface area contributed by atoms with Gasteiger partial charge in [0, 0.05) is 12.8 Å². The molecule has 57 heavy (non-hydrogen) atoms. The largest absolute Gasteiger partial charge is 0.461 e. The van der Waals surface area contributed by atoms with Gasteiger partial charge in [0.1, 0.15) is 6.10 Å². The van der Waals surface area contributed by atoms with Crippen LogP contribution in [-0.4, -0.2) is 46.9 Å². The first-order chi connectivity index (χ1) is 28.0. The van der Waals surface area contributed by atoms with E-state index in [0.717, 1.165) is 44.9 Å². The van der Waals surface area contributed by atoms with Crippen LogP contribution in [0.15, 0.2) is 60.8 Å². The van der Waals surface area contributed by atoms with E-state index in [1.165, 1.54) is 135 Å². The molecule has 330 valence electrons. The van der Waals surface area contributed by atoms with Gasteiger partial charge in [-0.05, 0) is 19.3 Å². The minimum absolute atomic E-state index is 0.0175.